The van der Waals surface area contributed by atoms with Crippen molar-refractivity contribution in [3.8, 4) is 11.8 Å². The molecule has 0 bridgehead atoms. The van der Waals surface area contributed by atoms with Crippen LogP contribution in [0.2, 0.25) is 0 Å². The van der Waals surface area contributed by atoms with Gasteiger partial charge in [0.2, 0.25) is 5.76 Å². The van der Waals surface area contributed by atoms with Crippen LogP contribution in [0.1, 0.15) is 34.5 Å². The number of nitriles is 1. The van der Waals surface area contributed by atoms with Crippen LogP contribution in [0.3, 0.4) is 0 Å². The average molecular weight is 417 g/mol. The number of carboxylic acid groups (broad SMARTS) is 1. The molecule has 0 aliphatic rings. The van der Waals surface area contributed by atoms with Gasteiger partial charge in [-0.15, -0.1) is 0 Å². The first kappa shape index (κ1) is 20.5. The van der Waals surface area contributed by atoms with Gasteiger partial charge >= 0.3 is 5.97 Å². The number of nitrogens with zero attached hydrogens (tertiary/aromatic N) is 1. The molecule has 7 nitrogen and oxygen atoms in total. The topological polar surface area (TPSA) is 111 Å². The maximum atomic E-state index is 11.0. The molecule has 0 saturated carbocycles. The standard InChI is InChI=1S/C24H23N3O4/c25-14-16-4-7-21-20(11-16)18(15-27-21)3-1-2-8-26-9-10-30-19-6-5-17-12-23(24(28)29)31-22(17)13-19/h4-7,11-13,15,26-27H,1-3,8-10H2,(H,28,29). The van der Waals surface area contributed by atoms with Gasteiger partial charge in [0.05, 0.1) is 11.6 Å². The quantitative estimate of drug-likeness (QED) is 0.328. The fraction of sp³-hybridized carbons (Fsp3) is 0.250. The number of furan rings is 1. The van der Waals surface area contributed by atoms with Gasteiger partial charge in [0.1, 0.15) is 17.9 Å². The Morgan fingerprint density at radius 1 is 1.16 bits per heavy atom. The predicted molar refractivity (Wildman–Crippen MR) is 117 cm³/mol. The van der Waals surface area contributed by atoms with E-state index in [4.69, 9.17) is 19.5 Å². The van der Waals surface area contributed by atoms with Gasteiger partial charge < -0.3 is 24.6 Å². The molecule has 0 fully saturated rings. The molecule has 0 radical (unpaired) electrons. The maximum absolute atomic E-state index is 11.0. The van der Waals surface area contributed by atoms with Crippen LogP contribution in [0, 0.1) is 11.3 Å². The normalized spacial score (nSPS) is 11.1. The number of carboxylic acids is 1. The first-order valence-corrected chi connectivity index (χ1v) is 10.2. The third-order valence-corrected chi connectivity index (χ3v) is 5.20. The van der Waals surface area contributed by atoms with E-state index in [-0.39, 0.29) is 5.76 Å². The molecule has 4 rings (SSSR count). The van der Waals surface area contributed by atoms with Gasteiger partial charge in [0.25, 0.3) is 0 Å². The minimum atomic E-state index is -1.08. The summed E-state index contributed by atoms with van der Waals surface area (Å²) in [5, 5.41) is 23.3. The molecule has 2 aromatic heterocycles. The Morgan fingerprint density at radius 3 is 2.90 bits per heavy atom. The number of carbonyl (C=O) groups is 1. The van der Waals surface area contributed by atoms with Crippen LogP contribution in [-0.4, -0.2) is 35.8 Å². The first-order valence-electron chi connectivity index (χ1n) is 10.2. The Balaban J connectivity index is 1.16. The number of hydrogen-bond donors (Lipinski definition) is 3. The largest absolute Gasteiger partial charge is 0.492 e. The van der Waals surface area contributed by atoms with E-state index in [2.05, 4.69) is 16.4 Å². The van der Waals surface area contributed by atoms with E-state index in [0.29, 0.717) is 23.5 Å². The van der Waals surface area contributed by atoms with Crippen molar-refractivity contribution < 1.29 is 19.1 Å². The van der Waals surface area contributed by atoms with E-state index < -0.39 is 5.97 Å². The molecule has 0 amide bonds. The molecule has 0 unspecified atom stereocenters. The molecular formula is C24H23N3O4. The molecule has 0 saturated heterocycles. The number of aryl methyl sites for hydroxylation is 1. The number of benzene rings is 2. The van der Waals surface area contributed by atoms with Crippen LogP contribution in [0.4, 0.5) is 0 Å². The van der Waals surface area contributed by atoms with Crippen molar-refractivity contribution in [3.63, 3.8) is 0 Å². The minimum Gasteiger partial charge on any atom is -0.492 e. The highest BCUT2D eigenvalue weighted by Gasteiger charge is 2.11. The summed E-state index contributed by atoms with van der Waals surface area (Å²) in [6.07, 6.45) is 5.09. The van der Waals surface area contributed by atoms with Gasteiger partial charge in [0, 0.05) is 35.1 Å². The van der Waals surface area contributed by atoms with E-state index in [1.807, 2.05) is 30.5 Å². The smallest absolute Gasteiger partial charge is 0.371 e. The third-order valence-electron chi connectivity index (χ3n) is 5.20. The number of aromatic carboxylic acids is 1. The second kappa shape index (κ2) is 9.37. The van der Waals surface area contributed by atoms with Crippen LogP contribution in [-0.2, 0) is 6.42 Å². The fourth-order valence-electron chi connectivity index (χ4n) is 3.59. The molecule has 0 aliphatic carbocycles. The Bertz CT molecular complexity index is 1250. The second-order valence-electron chi connectivity index (χ2n) is 7.36. The zero-order valence-electron chi connectivity index (χ0n) is 17.0. The molecule has 0 aliphatic heterocycles. The van der Waals surface area contributed by atoms with Crippen molar-refractivity contribution in [1.82, 2.24) is 10.3 Å². The zero-order valence-corrected chi connectivity index (χ0v) is 17.0. The van der Waals surface area contributed by atoms with E-state index >= 15 is 0 Å². The average Bonchev–Trinajstić information content (AvgIpc) is 3.39. The number of aromatic amines is 1. The molecule has 2 aromatic carbocycles. The molecule has 4 aromatic rings. The number of unbranched alkanes of at least 4 members (excludes halogenated alkanes) is 1. The number of ether oxygens (including phenoxy) is 1. The highest BCUT2D eigenvalue weighted by molar-refractivity contribution is 5.91. The summed E-state index contributed by atoms with van der Waals surface area (Å²) in [4.78, 5) is 14.2. The molecule has 7 heteroatoms. The van der Waals surface area contributed by atoms with Gasteiger partial charge in [-0.05, 0) is 67.8 Å². The lowest BCUT2D eigenvalue weighted by Crippen LogP contribution is -2.22. The van der Waals surface area contributed by atoms with Crippen molar-refractivity contribution >= 4 is 27.8 Å². The highest BCUT2D eigenvalue weighted by Crippen LogP contribution is 2.24. The summed E-state index contributed by atoms with van der Waals surface area (Å²) in [5.41, 5.74) is 3.50. The van der Waals surface area contributed by atoms with Gasteiger partial charge in [-0.2, -0.15) is 5.26 Å². The van der Waals surface area contributed by atoms with Gasteiger partial charge in [0.15, 0.2) is 0 Å². The molecule has 158 valence electrons. The molecule has 0 atom stereocenters. The van der Waals surface area contributed by atoms with Crippen LogP contribution < -0.4 is 10.1 Å². The summed E-state index contributed by atoms with van der Waals surface area (Å²) < 4.78 is 11.0. The van der Waals surface area contributed by atoms with E-state index in [1.54, 1.807) is 12.1 Å². The first-order chi connectivity index (χ1) is 15.1. The Labute approximate surface area is 179 Å². The van der Waals surface area contributed by atoms with E-state index in [9.17, 15) is 4.79 Å². The highest BCUT2D eigenvalue weighted by atomic mass is 16.5. The Morgan fingerprint density at radius 2 is 2.06 bits per heavy atom. The van der Waals surface area contributed by atoms with Crippen molar-refractivity contribution in [1.29, 1.82) is 5.26 Å². The minimum absolute atomic E-state index is 0.0769. The lowest BCUT2D eigenvalue weighted by atomic mass is 10.1. The number of H-pyrrole nitrogens is 1. The lowest BCUT2D eigenvalue weighted by Gasteiger charge is -2.07. The number of rotatable bonds is 10. The Kier molecular flexibility index (Phi) is 6.20. The fourth-order valence-corrected chi connectivity index (χ4v) is 3.59. The summed E-state index contributed by atoms with van der Waals surface area (Å²) in [6, 6.07) is 14.7. The number of hydrogen-bond acceptors (Lipinski definition) is 5. The van der Waals surface area contributed by atoms with Crippen molar-refractivity contribution in [2.24, 2.45) is 0 Å². The Hall–Kier alpha value is -3.76. The maximum Gasteiger partial charge on any atom is 0.371 e. The summed E-state index contributed by atoms with van der Waals surface area (Å²) >= 11 is 0. The number of aromatic nitrogens is 1. The summed E-state index contributed by atoms with van der Waals surface area (Å²) in [7, 11) is 0. The molecule has 0 spiro atoms. The number of fused-ring (bicyclic) bond motifs is 2. The van der Waals surface area contributed by atoms with Crippen molar-refractivity contribution in [2.75, 3.05) is 19.7 Å². The third kappa shape index (κ3) is 4.87. The molecule has 3 N–H and O–H groups in total. The van der Waals surface area contributed by atoms with E-state index in [1.165, 1.54) is 11.6 Å². The van der Waals surface area contributed by atoms with E-state index in [0.717, 1.165) is 48.6 Å². The van der Waals surface area contributed by atoms with Gasteiger partial charge in [-0.1, -0.05) is 0 Å². The molecule has 31 heavy (non-hydrogen) atoms. The van der Waals surface area contributed by atoms with Gasteiger partial charge in [-0.25, -0.2) is 4.79 Å². The molecule has 2 heterocycles. The predicted octanol–water partition coefficient (Wildman–Crippen LogP) is 4.48. The van der Waals surface area contributed by atoms with Crippen LogP contribution in [0.25, 0.3) is 21.9 Å². The lowest BCUT2D eigenvalue weighted by molar-refractivity contribution is 0.0665. The zero-order chi connectivity index (χ0) is 21.6. The summed E-state index contributed by atoms with van der Waals surface area (Å²) in [5.74, 6) is -0.511. The second-order valence-corrected chi connectivity index (χ2v) is 7.36. The summed E-state index contributed by atoms with van der Waals surface area (Å²) in [6.45, 7) is 2.13. The van der Waals surface area contributed by atoms with Crippen LogP contribution in [0.15, 0.2) is 53.1 Å². The van der Waals surface area contributed by atoms with Gasteiger partial charge in [-0.3, -0.25) is 0 Å². The number of nitrogens with one attached hydrogen (secondary N) is 2. The monoisotopic (exact) mass is 417 g/mol. The van der Waals surface area contributed by atoms with Crippen molar-refractivity contribution in [2.45, 2.75) is 19.3 Å². The van der Waals surface area contributed by atoms with Crippen LogP contribution >= 0.6 is 0 Å². The molecular weight excluding hydrogens is 394 g/mol. The SMILES string of the molecule is N#Cc1ccc2[nH]cc(CCCCNCCOc3ccc4cc(C(=O)O)oc4c3)c2c1. The van der Waals surface area contributed by atoms with Crippen molar-refractivity contribution in [3.05, 3.63) is 65.5 Å². The van der Waals surface area contributed by atoms with Crippen LogP contribution in [0.5, 0.6) is 5.75 Å².